The average Bonchev–Trinajstić information content (AvgIpc) is 2.04. The number of pyridine rings is 1. The first-order valence-corrected chi connectivity index (χ1v) is 3.68. The fourth-order valence-corrected chi connectivity index (χ4v) is 0.884. The van der Waals surface area contributed by atoms with Crippen LogP contribution in [0.25, 0.3) is 0 Å². The van der Waals surface area contributed by atoms with E-state index in [2.05, 4.69) is 4.98 Å². The van der Waals surface area contributed by atoms with E-state index in [1.165, 1.54) is 19.1 Å². The molecule has 68 valence electrons. The Balaban J connectivity index is 2.81. The van der Waals surface area contributed by atoms with Crippen molar-refractivity contribution >= 4 is 11.5 Å². The second-order valence-electron chi connectivity index (χ2n) is 2.64. The largest absolute Gasteiger partial charge is 0.300 e. The number of hydrogen-bond acceptors (Lipinski definition) is 4. The lowest BCUT2D eigenvalue weighted by Gasteiger charge is -1.95. The molecule has 1 rings (SSSR count). The van der Waals surface area contributed by atoms with Gasteiger partial charge in [-0.3, -0.25) is 19.9 Å². The quantitative estimate of drug-likeness (QED) is 0.516. The van der Waals surface area contributed by atoms with Crippen LogP contribution < -0.4 is 0 Å². The number of carbonyl (C=O) groups is 1. The summed E-state index contributed by atoms with van der Waals surface area (Å²) < 4.78 is 0. The molecule has 0 unspecified atom stereocenters. The van der Waals surface area contributed by atoms with Crippen molar-refractivity contribution in [3.63, 3.8) is 0 Å². The lowest BCUT2D eigenvalue weighted by Crippen LogP contribution is -1.99. The predicted octanol–water partition coefficient (Wildman–Crippen LogP) is 1.12. The molecule has 0 aliphatic heterocycles. The molecule has 0 saturated carbocycles. The Labute approximate surface area is 74.6 Å². The minimum absolute atomic E-state index is 0.0126. The van der Waals surface area contributed by atoms with Crippen LogP contribution in [0.5, 0.6) is 0 Å². The molecule has 0 N–H and O–H groups in total. The molecule has 0 spiro atoms. The number of rotatable bonds is 3. The standard InChI is InChI=1S/C8H8N2O3/c1-6(11)4-7-2-3-8(5-9-7)10(12)13/h2-3,5H,4H2,1H3. The van der Waals surface area contributed by atoms with E-state index in [9.17, 15) is 14.9 Å². The third kappa shape index (κ3) is 2.62. The van der Waals surface area contributed by atoms with E-state index in [0.717, 1.165) is 6.20 Å². The van der Waals surface area contributed by atoms with E-state index in [1.54, 1.807) is 0 Å². The summed E-state index contributed by atoms with van der Waals surface area (Å²) in [6.07, 6.45) is 1.37. The molecule has 5 nitrogen and oxygen atoms in total. The van der Waals surface area contributed by atoms with Crippen LogP contribution in [0.2, 0.25) is 0 Å². The van der Waals surface area contributed by atoms with Gasteiger partial charge in [0.1, 0.15) is 12.0 Å². The number of carbonyl (C=O) groups excluding carboxylic acids is 1. The average molecular weight is 180 g/mol. The Morgan fingerprint density at radius 1 is 1.62 bits per heavy atom. The highest BCUT2D eigenvalue weighted by Gasteiger charge is 2.05. The first kappa shape index (κ1) is 9.31. The van der Waals surface area contributed by atoms with Crippen molar-refractivity contribution in [1.29, 1.82) is 0 Å². The minimum Gasteiger partial charge on any atom is -0.300 e. The van der Waals surface area contributed by atoms with E-state index in [1.807, 2.05) is 0 Å². The summed E-state index contributed by atoms with van der Waals surface area (Å²) in [5.41, 5.74) is 0.491. The number of hydrogen-bond donors (Lipinski definition) is 0. The van der Waals surface area contributed by atoms with Crippen molar-refractivity contribution in [2.45, 2.75) is 13.3 Å². The molecular formula is C8H8N2O3. The van der Waals surface area contributed by atoms with Crippen LogP contribution in [0.1, 0.15) is 12.6 Å². The van der Waals surface area contributed by atoms with E-state index in [4.69, 9.17) is 0 Å². The van der Waals surface area contributed by atoms with Gasteiger partial charge in [-0.15, -0.1) is 0 Å². The molecule has 0 aromatic carbocycles. The molecule has 0 aliphatic carbocycles. The van der Waals surface area contributed by atoms with Gasteiger partial charge in [-0.25, -0.2) is 0 Å². The summed E-state index contributed by atoms with van der Waals surface area (Å²) in [7, 11) is 0. The molecule has 1 heterocycles. The summed E-state index contributed by atoms with van der Waals surface area (Å²) in [5.74, 6) is -0.0126. The van der Waals surface area contributed by atoms with Crippen molar-refractivity contribution < 1.29 is 9.72 Å². The van der Waals surface area contributed by atoms with Gasteiger partial charge in [-0.1, -0.05) is 0 Å². The molecule has 0 amide bonds. The van der Waals surface area contributed by atoms with Gasteiger partial charge in [0.25, 0.3) is 5.69 Å². The molecule has 0 bridgehead atoms. The van der Waals surface area contributed by atoms with E-state index in [-0.39, 0.29) is 17.9 Å². The Morgan fingerprint density at radius 2 is 2.31 bits per heavy atom. The molecule has 0 fully saturated rings. The zero-order chi connectivity index (χ0) is 9.84. The Hall–Kier alpha value is -1.78. The van der Waals surface area contributed by atoms with Crippen molar-refractivity contribution in [1.82, 2.24) is 4.98 Å². The second kappa shape index (κ2) is 3.75. The van der Waals surface area contributed by atoms with Crippen molar-refractivity contribution in [2.24, 2.45) is 0 Å². The summed E-state index contributed by atoms with van der Waals surface area (Å²) in [4.78, 5) is 24.1. The summed E-state index contributed by atoms with van der Waals surface area (Å²) >= 11 is 0. The number of Topliss-reactive ketones (excluding diaryl/α,β-unsaturated/α-hetero) is 1. The van der Waals surface area contributed by atoms with Crippen molar-refractivity contribution in [3.05, 3.63) is 34.1 Å². The van der Waals surface area contributed by atoms with Gasteiger partial charge < -0.3 is 0 Å². The number of nitro groups is 1. The van der Waals surface area contributed by atoms with E-state index < -0.39 is 4.92 Å². The lowest BCUT2D eigenvalue weighted by molar-refractivity contribution is -0.385. The SMILES string of the molecule is CC(=O)Cc1ccc([N+](=O)[O-])cn1. The van der Waals surface area contributed by atoms with Gasteiger partial charge in [0.2, 0.25) is 0 Å². The zero-order valence-electron chi connectivity index (χ0n) is 7.06. The summed E-state index contributed by atoms with van der Waals surface area (Å²) in [6, 6.07) is 2.82. The van der Waals surface area contributed by atoms with Crippen LogP contribution in [0.3, 0.4) is 0 Å². The van der Waals surface area contributed by atoms with Crippen LogP contribution in [-0.4, -0.2) is 15.7 Å². The number of ketones is 1. The summed E-state index contributed by atoms with van der Waals surface area (Å²) in [6.45, 7) is 1.45. The molecule has 13 heavy (non-hydrogen) atoms. The van der Waals surface area contributed by atoms with Crippen molar-refractivity contribution in [2.75, 3.05) is 0 Å². The highest BCUT2D eigenvalue weighted by Crippen LogP contribution is 2.08. The monoisotopic (exact) mass is 180 g/mol. The molecule has 1 aromatic heterocycles. The normalized spacial score (nSPS) is 9.62. The summed E-state index contributed by atoms with van der Waals surface area (Å²) in [5, 5.41) is 10.2. The predicted molar refractivity (Wildman–Crippen MR) is 45.3 cm³/mol. The van der Waals surface area contributed by atoms with Crippen LogP contribution >= 0.6 is 0 Å². The topological polar surface area (TPSA) is 73.1 Å². The van der Waals surface area contributed by atoms with E-state index in [0.29, 0.717) is 5.69 Å². The molecule has 0 atom stereocenters. The van der Waals surface area contributed by atoms with Crippen LogP contribution in [-0.2, 0) is 11.2 Å². The van der Waals surface area contributed by atoms with Crippen LogP contribution in [0.15, 0.2) is 18.3 Å². The van der Waals surface area contributed by atoms with Crippen LogP contribution in [0, 0.1) is 10.1 Å². The highest BCUT2D eigenvalue weighted by atomic mass is 16.6. The Morgan fingerprint density at radius 3 is 2.69 bits per heavy atom. The molecule has 0 saturated heterocycles. The molecule has 1 aromatic rings. The third-order valence-electron chi connectivity index (χ3n) is 1.45. The number of aromatic nitrogens is 1. The maximum Gasteiger partial charge on any atom is 0.287 e. The first-order valence-electron chi connectivity index (χ1n) is 3.68. The highest BCUT2D eigenvalue weighted by molar-refractivity contribution is 5.77. The van der Waals surface area contributed by atoms with Crippen LogP contribution in [0.4, 0.5) is 5.69 Å². The van der Waals surface area contributed by atoms with Gasteiger partial charge in [-0.2, -0.15) is 0 Å². The van der Waals surface area contributed by atoms with Crippen molar-refractivity contribution in [3.8, 4) is 0 Å². The maximum atomic E-state index is 10.7. The minimum atomic E-state index is -0.523. The third-order valence-corrected chi connectivity index (χ3v) is 1.45. The molecule has 0 aliphatic rings. The molecule has 5 heteroatoms. The molecular weight excluding hydrogens is 172 g/mol. The first-order chi connectivity index (χ1) is 6.09. The Kier molecular flexibility index (Phi) is 2.69. The lowest BCUT2D eigenvalue weighted by atomic mass is 10.2. The number of nitrogens with zero attached hydrogens (tertiary/aromatic N) is 2. The zero-order valence-corrected chi connectivity index (χ0v) is 7.06. The van der Waals surface area contributed by atoms with E-state index >= 15 is 0 Å². The van der Waals surface area contributed by atoms with Gasteiger partial charge >= 0.3 is 0 Å². The fraction of sp³-hybridized carbons (Fsp3) is 0.250. The fourth-order valence-electron chi connectivity index (χ4n) is 0.884. The smallest absolute Gasteiger partial charge is 0.287 e. The Bertz CT molecular complexity index is 332. The van der Waals surface area contributed by atoms with Gasteiger partial charge in [0.15, 0.2) is 0 Å². The molecule has 0 radical (unpaired) electrons. The maximum absolute atomic E-state index is 10.7. The van der Waals surface area contributed by atoms with Gasteiger partial charge in [0.05, 0.1) is 4.92 Å². The van der Waals surface area contributed by atoms with Gasteiger partial charge in [0, 0.05) is 18.2 Å². The second-order valence-corrected chi connectivity index (χ2v) is 2.64. The van der Waals surface area contributed by atoms with Gasteiger partial charge in [-0.05, 0) is 13.0 Å².